The molecule has 0 fully saturated rings. The third-order valence-electron chi connectivity index (χ3n) is 4.42. The first kappa shape index (κ1) is 15.0. The van der Waals surface area contributed by atoms with Crippen molar-refractivity contribution in [3.8, 4) is 0 Å². The van der Waals surface area contributed by atoms with E-state index < -0.39 is 0 Å². The first-order chi connectivity index (χ1) is 12.7. The number of hydrogen-bond donors (Lipinski definition) is 0. The highest BCUT2D eigenvalue weighted by Gasteiger charge is 2.12. The summed E-state index contributed by atoms with van der Waals surface area (Å²) in [6, 6.07) is 21.1. The monoisotopic (exact) mass is 356 g/mol. The second-order valence-corrected chi connectivity index (χ2v) is 7.09. The van der Waals surface area contributed by atoms with Crippen molar-refractivity contribution in [3.05, 3.63) is 97.5 Å². The van der Waals surface area contributed by atoms with E-state index in [1.807, 2.05) is 66.7 Å². The molecule has 0 radical (unpaired) electrons. The van der Waals surface area contributed by atoms with Gasteiger partial charge in [0.25, 0.3) is 11.1 Å². The summed E-state index contributed by atoms with van der Waals surface area (Å²) in [6.07, 6.45) is 1.79. The van der Waals surface area contributed by atoms with E-state index in [1.54, 1.807) is 6.08 Å². The number of thiazole rings is 1. The van der Waals surface area contributed by atoms with Gasteiger partial charge in [-0.05, 0) is 34.5 Å². The highest BCUT2D eigenvalue weighted by molar-refractivity contribution is 7.15. The molecule has 5 rings (SSSR count). The normalized spacial score (nSPS) is 12.4. The smallest absolute Gasteiger partial charge is 0.268 e. The van der Waals surface area contributed by atoms with E-state index >= 15 is 0 Å². The number of nitrogens with zero attached hydrogens (tertiary/aromatic N) is 2. The third kappa shape index (κ3) is 2.25. The molecule has 0 saturated carbocycles. The van der Waals surface area contributed by atoms with E-state index in [1.165, 1.54) is 15.7 Å². The summed E-state index contributed by atoms with van der Waals surface area (Å²) in [5, 5.41) is 2.44. The van der Waals surface area contributed by atoms with Gasteiger partial charge in [0.1, 0.15) is 0 Å². The van der Waals surface area contributed by atoms with Gasteiger partial charge in [0, 0.05) is 0 Å². The van der Waals surface area contributed by atoms with Gasteiger partial charge < -0.3 is 0 Å². The Labute approximate surface area is 151 Å². The van der Waals surface area contributed by atoms with Gasteiger partial charge in [0.05, 0.1) is 15.4 Å². The van der Waals surface area contributed by atoms with Gasteiger partial charge in [0.15, 0.2) is 0 Å². The summed E-state index contributed by atoms with van der Waals surface area (Å²) in [7, 11) is 0. The number of fused-ring (bicyclic) bond motifs is 3. The summed E-state index contributed by atoms with van der Waals surface area (Å²) in [5.74, 6) is 0. The molecule has 0 unspecified atom stereocenters. The molecular formula is C21H12N2O2S. The van der Waals surface area contributed by atoms with Crippen LogP contribution in [0.15, 0.2) is 76.3 Å². The van der Waals surface area contributed by atoms with E-state index in [2.05, 4.69) is 4.98 Å². The lowest BCUT2D eigenvalue weighted by Gasteiger charge is -2.01. The molecule has 0 aliphatic heterocycles. The van der Waals surface area contributed by atoms with Gasteiger partial charge in [-0.1, -0.05) is 65.9 Å². The molecule has 2 aromatic heterocycles. The van der Waals surface area contributed by atoms with Crippen LogP contribution in [0, 0.1) is 0 Å². The van der Waals surface area contributed by atoms with Gasteiger partial charge >= 0.3 is 0 Å². The summed E-state index contributed by atoms with van der Waals surface area (Å²) < 4.78 is 1.68. The molecule has 0 bridgehead atoms. The van der Waals surface area contributed by atoms with Crippen molar-refractivity contribution in [3.63, 3.8) is 0 Å². The van der Waals surface area contributed by atoms with Crippen LogP contribution in [0.5, 0.6) is 0 Å². The van der Waals surface area contributed by atoms with Gasteiger partial charge in [-0.3, -0.25) is 9.59 Å². The highest BCUT2D eigenvalue weighted by atomic mass is 32.1. The van der Waals surface area contributed by atoms with Gasteiger partial charge in [-0.15, -0.1) is 0 Å². The van der Waals surface area contributed by atoms with Crippen molar-refractivity contribution in [1.29, 1.82) is 0 Å². The fourth-order valence-corrected chi connectivity index (χ4v) is 4.12. The van der Waals surface area contributed by atoms with Crippen LogP contribution in [-0.2, 0) is 0 Å². The fraction of sp³-hybridized carbons (Fsp3) is 0. The molecule has 0 N–H and O–H groups in total. The standard InChI is InChI=1S/C21H12N2O2S/c24-19-16-11-14-8-4-5-9-15(14)12-17(16)22-21-23(19)20(25)18(26-21)10-13-6-2-1-3-7-13/h1-12H/b18-10+. The van der Waals surface area contributed by atoms with E-state index in [0.29, 0.717) is 20.4 Å². The van der Waals surface area contributed by atoms with Crippen LogP contribution in [0.3, 0.4) is 0 Å². The van der Waals surface area contributed by atoms with Crippen LogP contribution in [0.25, 0.3) is 32.7 Å². The number of benzene rings is 3. The number of hydrogen-bond acceptors (Lipinski definition) is 4. The molecule has 0 spiro atoms. The lowest BCUT2D eigenvalue weighted by atomic mass is 10.1. The minimum absolute atomic E-state index is 0.315. The summed E-state index contributed by atoms with van der Waals surface area (Å²) in [6.45, 7) is 0. The zero-order valence-corrected chi connectivity index (χ0v) is 14.4. The van der Waals surface area contributed by atoms with E-state index in [9.17, 15) is 9.59 Å². The predicted molar refractivity (Wildman–Crippen MR) is 106 cm³/mol. The van der Waals surface area contributed by atoms with Crippen LogP contribution in [-0.4, -0.2) is 9.38 Å². The predicted octanol–water partition coefficient (Wildman–Crippen LogP) is 2.97. The fourth-order valence-electron chi connectivity index (χ4n) is 3.14. The van der Waals surface area contributed by atoms with E-state index in [-0.39, 0.29) is 11.1 Å². The maximum absolute atomic E-state index is 12.9. The van der Waals surface area contributed by atoms with Crippen molar-refractivity contribution in [2.24, 2.45) is 0 Å². The van der Waals surface area contributed by atoms with Crippen molar-refractivity contribution < 1.29 is 0 Å². The molecule has 0 saturated heterocycles. The molecule has 5 heteroatoms. The Kier molecular flexibility index (Phi) is 3.23. The number of aromatic nitrogens is 2. The van der Waals surface area contributed by atoms with Gasteiger partial charge in [-0.2, -0.15) is 0 Å². The van der Waals surface area contributed by atoms with Crippen molar-refractivity contribution in [2.45, 2.75) is 0 Å². The molecule has 0 aliphatic rings. The Bertz CT molecular complexity index is 1470. The van der Waals surface area contributed by atoms with E-state index in [4.69, 9.17) is 0 Å². The van der Waals surface area contributed by atoms with Gasteiger partial charge in [0.2, 0.25) is 4.96 Å². The summed E-state index contributed by atoms with van der Waals surface area (Å²) in [4.78, 5) is 30.7. The molecule has 0 amide bonds. The quantitative estimate of drug-likeness (QED) is 0.434. The lowest BCUT2D eigenvalue weighted by molar-refractivity contribution is 1.05. The Balaban J connectivity index is 1.89. The lowest BCUT2D eigenvalue weighted by Crippen LogP contribution is -2.31. The second kappa shape index (κ2) is 5.61. The largest absolute Gasteiger partial charge is 0.277 e. The average molecular weight is 356 g/mol. The Morgan fingerprint density at radius 2 is 1.54 bits per heavy atom. The first-order valence-electron chi connectivity index (χ1n) is 8.15. The molecule has 0 atom stereocenters. The number of rotatable bonds is 1. The molecular weight excluding hydrogens is 344 g/mol. The molecule has 124 valence electrons. The van der Waals surface area contributed by atoms with Crippen LogP contribution < -0.4 is 15.7 Å². The summed E-state index contributed by atoms with van der Waals surface area (Å²) >= 11 is 1.24. The highest BCUT2D eigenvalue weighted by Crippen LogP contribution is 2.20. The van der Waals surface area contributed by atoms with Crippen molar-refractivity contribution in [2.75, 3.05) is 0 Å². The minimum atomic E-state index is -0.318. The second-order valence-electron chi connectivity index (χ2n) is 6.08. The van der Waals surface area contributed by atoms with Gasteiger partial charge in [-0.25, -0.2) is 9.38 Å². The maximum atomic E-state index is 12.9. The minimum Gasteiger partial charge on any atom is -0.268 e. The maximum Gasteiger partial charge on any atom is 0.277 e. The van der Waals surface area contributed by atoms with Crippen LogP contribution >= 0.6 is 11.3 Å². The first-order valence-corrected chi connectivity index (χ1v) is 8.97. The van der Waals surface area contributed by atoms with E-state index in [0.717, 1.165) is 16.3 Å². The molecule has 3 aromatic carbocycles. The van der Waals surface area contributed by atoms with Crippen LogP contribution in [0.2, 0.25) is 0 Å². The molecule has 5 aromatic rings. The van der Waals surface area contributed by atoms with Crippen LogP contribution in [0.4, 0.5) is 0 Å². The Hall–Kier alpha value is -3.31. The Morgan fingerprint density at radius 3 is 2.31 bits per heavy atom. The molecule has 2 heterocycles. The summed E-state index contributed by atoms with van der Waals surface area (Å²) in [5.41, 5.74) is 0.895. The zero-order valence-electron chi connectivity index (χ0n) is 13.5. The third-order valence-corrected chi connectivity index (χ3v) is 5.39. The molecule has 0 aliphatic carbocycles. The topological polar surface area (TPSA) is 51.4 Å². The van der Waals surface area contributed by atoms with Crippen molar-refractivity contribution in [1.82, 2.24) is 9.38 Å². The average Bonchev–Trinajstić information content (AvgIpc) is 2.97. The SMILES string of the molecule is O=c1/c(=C\c2ccccc2)sc2nc3cc4ccccc4cc3c(=O)n12. The Morgan fingerprint density at radius 1 is 0.846 bits per heavy atom. The molecule has 4 nitrogen and oxygen atoms in total. The molecule has 26 heavy (non-hydrogen) atoms. The zero-order chi connectivity index (χ0) is 17.7. The van der Waals surface area contributed by atoms with Crippen molar-refractivity contribution >= 4 is 44.0 Å². The van der Waals surface area contributed by atoms with Crippen LogP contribution in [0.1, 0.15) is 5.56 Å².